The predicted octanol–water partition coefficient (Wildman–Crippen LogP) is 1.88. The van der Waals surface area contributed by atoms with Crippen LogP contribution >= 0.6 is 0 Å². The van der Waals surface area contributed by atoms with Crippen LogP contribution in [0, 0.1) is 0 Å². The molecule has 1 aromatic carbocycles. The van der Waals surface area contributed by atoms with Crippen LogP contribution in [0.4, 0.5) is 0 Å². The summed E-state index contributed by atoms with van der Waals surface area (Å²) in [6.07, 6.45) is 2.33. The Kier molecular flexibility index (Phi) is 5.65. The van der Waals surface area contributed by atoms with E-state index in [1.165, 1.54) is 7.11 Å². The molecule has 1 N–H and O–H groups in total. The first-order chi connectivity index (χ1) is 11.1. The first-order valence-electron chi connectivity index (χ1n) is 7.31. The molecule has 0 radical (unpaired) electrons. The van der Waals surface area contributed by atoms with Crippen molar-refractivity contribution >= 4 is 5.78 Å². The van der Waals surface area contributed by atoms with E-state index in [9.17, 15) is 4.79 Å². The molecule has 0 spiro atoms. The van der Waals surface area contributed by atoms with Crippen LogP contribution in [-0.2, 0) is 11.2 Å². The number of ketones is 1. The zero-order valence-electron chi connectivity index (χ0n) is 13.8. The van der Waals surface area contributed by atoms with Gasteiger partial charge in [-0.1, -0.05) is 24.3 Å². The number of ether oxygens (including phenoxy) is 2. The van der Waals surface area contributed by atoms with E-state index in [0.29, 0.717) is 12.3 Å². The number of aromatic nitrogens is 2. The third-order valence-corrected chi connectivity index (χ3v) is 3.65. The number of benzene rings is 1. The molecule has 0 saturated heterocycles. The lowest BCUT2D eigenvalue weighted by Gasteiger charge is -2.13. The standard InChI is InChI=1S/C17H21N3O3/c1-11(21)15(18-2)9-12-5-7-13(8-6-12)14-10-19-17(23-4)20-16(14)22-3/h5-8,10,15,18H,9H2,1-4H3/t15-/m0/s1. The summed E-state index contributed by atoms with van der Waals surface area (Å²) in [5, 5.41) is 3.02. The van der Waals surface area contributed by atoms with Crippen molar-refractivity contribution in [3.05, 3.63) is 36.0 Å². The highest BCUT2D eigenvalue weighted by molar-refractivity contribution is 5.81. The summed E-state index contributed by atoms with van der Waals surface area (Å²) in [6, 6.07) is 8.02. The Morgan fingerprint density at radius 2 is 1.91 bits per heavy atom. The molecule has 1 atom stereocenters. The van der Waals surface area contributed by atoms with Crippen molar-refractivity contribution in [1.82, 2.24) is 15.3 Å². The van der Waals surface area contributed by atoms with Gasteiger partial charge in [-0.2, -0.15) is 4.98 Å². The fourth-order valence-electron chi connectivity index (χ4n) is 2.31. The number of nitrogens with zero attached hydrogens (tertiary/aromatic N) is 2. The number of rotatable bonds is 7. The maximum absolute atomic E-state index is 11.5. The molecular weight excluding hydrogens is 294 g/mol. The van der Waals surface area contributed by atoms with Crippen molar-refractivity contribution in [3.63, 3.8) is 0 Å². The molecule has 0 aliphatic rings. The average molecular weight is 315 g/mol. The van der Waals surface area contributed by atoms with Gasteiger partial charge in [0.1, 0.15) is 5.78 Å². The van der Waals surface area contributed by atoms with Crippen LogP contribution < -0.4 is 14.8 Å². The summed E-state index contributed by atoms with van der Waals surface area (Å²) in [4.78, 5) is 19.8. The van der Waals surface area contributed by atoms with Gasteiger partial charge < -0.3 is 14.8 Å². The number of likely N-dealkylation sites (N-methyl/N-ethyl adjacent to an activating group) is 1. The summed E-state index contributed by atoms with van der Waals surface area (Å²) in [5.41, 5.74) is 2.81. The minimum atomic E-state index is -0.167. The van der Waals surface area contributed by atoms with Crippen LogP contribution in [0.15, 0.2) is 30.5 Å². The zero-order valence-corrected chi connectivity index (χ0v) is 13.8. The number of methoxy groups -OCH3 is 2. The highest BCUT2D eigenvalue weighted by Crippen LogP contribution is 2.29. The van der Waals surface area contributed by atoms with Crippen molar-refractivity contribution in [3.8, 4) is 23.0 Å². The maximum Gasteiger partial charge on any atom is 0.319 e. The summed E-state index contributed by atoms with van der Waals surface area (Å²) in [7, 11) is 4.86. The van der Waals surface area contributed by atoms with Crippen LogP contribution in [0.2, 0.25) is 0 Å². The maximum atomic E-state index is 11.5. The number of carbonyl (C=O) groups excluding carboxylic acids is 1. The molecule has 1 heterocycles. The largest absolute Gasteiger partial charge is 0.480 e. The lowest BCUT2D eigenvalue weighted by molar-refractivity contribution is -0.118. The van der Waals surface area contributed by atoms with Gasteiger partial charge in [0.05, 0.1) is 25.8 Å². The smallest absolute Gasteiger partial charge is 0.319 e. The SMILES string of the molecule is CN[C@@H](Cc1ccc(-c2cnc(OC)nc2OC)cc1)C(C)=O. The number of carbonyl (C=O) groups is 1. The lowest BCUT2D eigenvalue weighted by Crippen LogP contribution is -2.34. The molecule has 2 rings (SSSR count). The third kappa shape index (κ3) is 4.04. The molecule has 6 heteroatoms. The highest BCUT2D eigenvalue weighted by atomic mass is 16.5. The quantitative estimate of drug-likeness (QED) is 0.841. The molecule has 0 bridgehead atoms. The van der Waals surface area contributed by atoms with Crippen LogP contribution in [0.5, 0.6) is 11.9 Å². The monoisotopic (exact) mass is 315 g/mol. The minimum absolute atomic E-state index is 0.127. The van der Waals surface area contributed by atoms with E-state index < -0.39 is 0 Å². The summed E-state index contributed by atoms with van der Waals surface area (Å²) in [5.74, 6) is 0.586. The molecule has 0 saturated carbocycles. The Morgan fingerprint density at radius 3 is 2.43 bits per heavy atom. The normalized spacial score (nSPS) is 11.8. The fraction of sp³-hybridized carbons (Fsp3) is 0.353. The average Bonchev–Trinajstić information content (AvgIpc) is 2.59. The zero-order chi connectivity index (χ0) is 16.8. The Balaban J connectivity index is 2.24. The number of nitrogens with one attached hydrogen (secondary N) is 1. The van der Waals surface area contributed by atoms with Gasteiger partial charge in [-0.15, -0.1) is 0 Å². The molecule has 6 nitrogen and oxygen atoms in total. The molecule has 0 fully saturated rings. The van der Waals surface area contributed by atoms with Gasteiger partial charge in [0.15, 0.2) is 0 Å². The molecule has 0 unspecified atom stereocenters. The molecule has 23 heavy (non-hydrogen) atoms. The second kappa shape index (κ2) is 7.69. The van der Waals surface area contributed by atoms with E-state index in [4.69, 9.17) is 9.47 Å². The Labute approximate surface area is 135 Å². The molecular formula is C17H21N3O3. The minimum Gasteiger partial charge on any atom is -0.480 e. The first-order valence-corrected chi connectivity index (χ1v) is 7.31. The van der Waals surface area contributed by atoms with Gasteiger partial charge in [0.25, 0.3) is 0 Å². The van der Waals surface area contributed by atoms with E-state index in [1.54, 1.807) is 27.3 Å². The van der Waals surface area contributed by atoms with E-state index in [0.717, 1.165) is 16.7 Å². The molecule has 0 amide bonds. The van der Waals surface area contributed by atoms with E-state index in [-0.39, 0.29) is 17.8 Å². The summed E-state index contributed by atoms with van der Waals surface area (Å²) >= 11 is 0. The van der Waals surface area contributed by atoms with Gasteiger partial charge in [-0.25, -0.2) is 4.98 Å². The summed E-state index contributed by atoms with van der Waals surface area (Å²) < 4.78 is 10.3. The summed E-state index contributed by atoms with van der Waals surface area (Å²) in [6.45, 7) is 1.59. The number of hydrogen-bond donors (Lipinski definition) is 1. The Bertz CT molecular complexity index is 671. The molecule has 1 aromatic heterocycles. The van der Waals surface area contributed by atoms with Crippen LogP contribution in [-0.4, -0.2) is 43.1 Å². The van der Waals surface area contributed by atoms with Crippen molar-refractivity contribution in [2.45, 2.75) is 19.4 Å². The van der Waals surface area contributed by atoms with Gasteiger partial charge in [0.2, 0.25) is 5.88 Å². The van der Waals surface area contributed by atoms with E-state index >= 15 is 0 Å². The second-order valence-corrected chi connectivity index (χ2v) is 5.13. The van der Waals surface area contributed by atoms with E-state index in [2.05, 4.69) is 15.3 Å². The van der Waals surface area contributed by atoms with Crippen molar-refractivity contribution in [2.75, 3.05) is 21.3 Å². The number of Topliss-reactive ketones (excluding diaryl/α,β-unsaturated/α-hetero) is 1. The van der Waals surface area contributed by atoms with Gasteiger partial charge >= 0.3 is 6.01 Å². The molecule has 2 aromatic rings. The molecule has 0 aliphatic heterocycles. The Hall–Kier alpha value is -2.47. The number of hydrogen-bond acceptors (Lipinski definition) is 6. The predicted molar refractivity (Wildman–Crippen MR) is 87.8 cm³/mol. The van der Waals surface area contributed by atoms with Gasteiger partial charge in [0, 0.05) is 6.20 Å². The topological polar surface area (TPSA) is 73.3 Å². The third-order valence-electron chi connectivity index (χ3n) is 3.65. The van der Waals surface area contributed by atoms with Crippen molar-refractivity contribution < 1.29 is 14.3 Å². The van der Waals surface area contributed by atoms with Crippen LogP contribution in [0.25, 0.3) is 11.1 Å². The molecule has 122 valence electrons. The lowest BCUT2D eigenvalue weighted by atomic mass is 10.0. The van der Waals surface area contributed by atoms with E-state index in [1.807, 2.05) is 24.3 Å². The highest BCUT2D eigenvalue weighted by Gasteiger charge is 2.13. The fourth-order valence-corrected chi connectivity index (χ4v) is 2.31. The van der Waals surface area contributed by atoms with Crippen LogP contribution in [0.1, 0.15) is 12.5 Å². The van der Waals surface area contributed by atoms with Gasteiger partial charge in [-0.05, 0) is 31.5 Å². The van der Waals surface area contributed by atoms with Crippen LogP contribution in [0.3, 0.4) is 0 Å². The second-order valence-electron chi connectivity index (χ2n) is 5.13. The molecule has 0 aliphatic carbocycles. The van der Waals surface area contributed by atoms with Gasteiger partial charge in [-0.3, -0.25) is 4.79 Å². The van der Waals surface area contributed by atoms with Crippen molar-refractivity contribution in [1.29, 1.82) is 0 Å². The van der Waals surface area contributed by atoms with Crippen molar-refractivity contribution in [2.24, 2.45) is 0 Å². The Morgan fingerprint density at radius 1 is 1.22 bits per heavy atom. The first kappa shape index (κ1) is 16.9.